The Morgan fingerprint density at radius 2 is 2.33 bits per heavy atom. The number of ether oxygens (including phenoxy) is 1. The van der Waals surface area contributed by atoms with Gasteiger partial charge < -0.3 is 9.62 Å². The van der Waals surface area contributed by atoms with Crippen molar-refractivity contribution in [3.8, 4) is 5.75 Å². The van der Waals surface area contributed by atoms with Crippen LogP contribution in [0, 0.1) is 0 Å². The minimum atomic E-state index is -0.526. The molecule has 0 bridgehead atoms. The second-order valence-corrected chi connectivity index (χ2v) is 1.99. The monoisotopic (exact) mass is 169 g/mol. The molecule has 12 heavy (non-hydrogen) atoms. The van der Waals surface area contributed by atoms with Crippen LogP contribution in [0.4, 0.5) is 0 Å². The van der Waals surface area contributed by atoms with Crippen molar-refractivity contribution in [2.24, 2.45) is 0 Å². The third kappa shape index (κ3) is 1.70. The Bertz CT molecular complexity index is 286. The number of hydrogen-bond acceptors (Lipinski definition) is 5. The van der Waals surface area contributed by atoms with Crippen molar-refractivity contribution in [3.05, 3.63) is 24.0 Å². The summed E-state index contributed by atoms with van der Waals surface area (Å²) in [5.74, 6) is -0.431. The molecule has 1 aromatic rings. The zero-order valence-electron chi connectivity index (χ0n) is 6.35. The van der Waals surface area contributed by atoms with E-state index < -0.39 is 5.97 Å². The van der Waals surface area contributed by atoms with E-state index in [4.69, 9.17) is 5.26 Å². The van der Waals surface area contributed by atoms with Gasteiger partial charge in [0.15, 0.2) is 5.75 Å². The minimum absolute atomic E-state index is 0.0953. The van der Waals surface area contributed by atoms with Crippen LogP contribution < -0.4 is 4.89 Å². The molecule has 0 aliphatic carbocycles. The first-order chi connectivity index (χ1) is 5.77. The topological polar surface area (TPSA) is 68.7 Å². The van der Waals surface area contributed by atoms with Gasteiger partial charge in [-0.2, -0.15) is 0 Å². The van der Waals surface area contributed by atoms with E-state index in [2.05, 4.69) is 14.6 Å². The van der Waals surface area contributed by atoms with Crippen molar-refractivity contribution in [1.29, 1.82) is 0 Å². The molecule has 0 unspecified atom stereocenters. The van der Waals surface area contributed by atoms with Crippen molar-refractivity contribution >= 4 is 5.97 Å². The van der Waals surface area contributed by atoms with Gasteiger partial charge in [0.25, 0.3) is 0 Å². The van der Waals surface area contributed by atoms with Gasteiger partial charge in [-0.1, -0.05) is 0 Å². The number of nitrogens with zero attached hydrogens (tertiary/aromatic N) is 1. The Hall–Kier alpha value is -1.62. The van der Waals surface area contributed by atoms with E-state index in [9.17, 15) is 4.79 Å². The summed E-state index contributed by atoms with van der Waals surface area (Å²) in [6.45, 7) is 0. The SMILES string of the molecule is COC(=O)c1cncc(OO)c1. The fourth-order valence-corrected chi connectivity index (χ4v) is 0.698. The van der Waals surface area contributed by atoms with Gasteiger partial charge in [-0.15, -0.1) is 0 Å². The number of rotatable bonds is 2. The Kier molecular flexibility index (Phi) is 2.60. The molecule has 1 N–H and O–H groups in total. The average Bonchev–Trinajstić information content (AvgIpc) is 2.17. The summed E-state index contributed by atoms with van der Waals surface area (Å²) in [6, 6.07) is 1.32. The maximum absolute atomic E-state index is 10.9. The Morgan fingerprint density at radius 3 is 2.92 bits per heavy atom. The lowest BCUT2D eigenvalue weighted by Crippen LogP contribution is -2.01. The van der Waals surface area contributed by atoms with Gasteiger partial charge in [0.1, 0.15) is 0 Å². The molecule has 0 atom stereocenters. The third-order valence-corrected chi connectivity index (χ3v) is 1.24. The van der Waals surface area contributed by atoms with Crippen molar-refractivity contribution in [1.82, 2.24) is 4.98 Å². The van der Waals surface area contributed by atoms with E-state index in [0.717, 1.165) is 0 Å². The fourth-order valence-electron chi connectivity index (χ4n) is 0.698. The molecule has 5 heteroatoms. The summed E-state index contributed by atoms with van der Waals surface area (Å²) in [7, 11) is 1.26. The van der Waals surface area contributed by atoms with Crippen LogP contribution in [0.5, 0.6) is 5.75 Å². The first-order valence-corrected chi connectivity index (χ1v) is 3.12. The van der Waals surface area contributed by atoms with Crippen LogP contribution in [0.1, 0.15) is 10.4 Å². The maximum atomic E-state index is 10.9. The van der Waals surface area contributed by atoms with Crippen molar-refractivity contribution < 1.29 is 19.7 Å². The summed E-state index contributed by atoms with van der Waals surface area (Å²) in [4.78, 5) is 18.4. The minimum Gasteiger partial charge on any atom is -0.465 e. The molecule has 0 radical (unpaired) electrons. The number of pyridine rings is 1. The molecule has 0 aliphatic rings. The summed E-state index contributed by atoms with van der Waals surface area (Å²) in [6.07, 6.45) is 2.58. The highest BCUT2D eigenvalue weighted by Gasteiger charge is 2.06. The van der Waals surface area contributed by atoms with Crippen molar-refractivity contribution in [3.63, 3.8) is 0 Å². The van der Waals surface area contributed by atoms with Crippen LogP contribution in [0.15, 0.2) is 18.5 Å². The summed E-state index contributed by atoms with van der Waals surface area (Å²) in [5, 5.41) is 8.22. The highest BCUT2D eigenvalue weighted by Crippen LogP contribution is 2.10. The van der Waals surface area contributed by atoms with E-state index in [1.54, 1.807) is 0 Å². The van der Waals surface area contributed by atoms with Crippen LogP contribution in [0.2, 0.25) is 0 Å². The van der Waals surface area contributed by atoms with Crippen LogP contribution in [-0.4, -0.2) is 23.3 Å². The van der Waals surface area contributed by atoms with Gasteiger partial charge in [0, 0.05) is 12.3 Å². The lowest BCUT2D eigenvalue weighted by molar-refractivity contribution is -0.137. The zero-order chi connectivity index (χ0) is 8.97. The molecule has 0 amide bonds. The molecule has 0 spiro atoms. The van der Waals surface area contributed by atoms with Gasteiger partial charge in [-0.25, -0.2) is 10.1 Å². The van der Waals surface area contributed by atoms with Crippen LogP contribution in [-0.2, 0) is 4.74 Å². The molecule has 0 fully saturated rings. The normalized spacial score (nSPS) is 9.17. The molecule has 0 saturated heterocycles. The predicted molar refractivity (Wildman–Crippen MR) is 38.8 cm³/mol. The van der Waals surface area contributed by atoms with Gasteiger partial charge in [-0.3, -0.25) is 4.98 Å². The number of carbonyl (C=O) groups is 1. The smallest absolute Gasteiger partial charge is 0.339 e. The lowest BCUT2D eigenvalue weighted by Gasteiger charge is -1.99. The zero-order valence-corrected chi connectivity index (χ0v) is 6.35. The lowest BCUT2D eigenvalue weighted by atomic mass is 10.3. The number of hydrogen-bond donors (Lipinski definition) is 1. The second-order valence-electron chi connectivity index (χ2n) is 1.99. The quantitative estimate of drug-likeness (QED) is 0.401. The molecule has 5 nitrogen and oxygen atoms in total. The van der Waals surface area contributed by atoms with E-state index in [0.29, 0.717) is 0 Å². The second kappa shape index (κ2) is 3.68. The standard InChI is InChI=1S/C7H7NO4/c1-11-7(9)5-2-6(12-10)4-8-3-5/h2-4,10H,1H3. The Labute approximate surface area is 68.5 Å². The molecule has 0 aromatic carbocycles. The highest BCUT2D eigenvalue weighted by molar-refractivity contribution is 5.89. The molecular formula is C7H7NO4. The van der Waals surface area contributed by atoms with Crippen LogP contribution in [0.3, 0.4) is 0 Å². The van der Waals surface area contributed by atoms with E-state index in [-0.39, 0.29) is 11.3 Å². The van der Waals surface area contributed by atoms with E-state index in [1.807, 2.05) is 0 Å². The van der Waals surface area contributed by atoms with Crippen LogP contribution >= 0.6 is 0 Å². The third-order valence-electron chi connectivity index (χ3n) is 1.24. The van der Waals surface area contributed by atoms with Gasteiger partial charge in [0.05, 0.1) is 18.9 Å². The molecule has 1 rings (SSSR count). The summed E-state index contributed by atoms with van der Waals surface area (Å²) >= 11 is 0. The molecular weight excluding hydrogens is 162 g/mol. The fraction of sp³-hybridized carbons (Fsp3) is 0.143. The Morgan fingerprint density at radius 1 is 1.58 bits per heavy atom. The van der Waals surface area contributed by atoms with Gasteiger partial charge in [-0.05, 0) is 0 Å². The van der Waals surface area contributed by atoms with Crippen LogP contribution in [0.25, 0.3) is 0 Å². The number of carbonyl (C=O) groups excluding carboxylic acids is 1. The molecule has 1 heterocycles. The highest BCUT2D eigenvalue weighted by atomic mass is 17.1. The molecule has 64 valence electrons. The predicted octanol–water partition coefficient (Wildman–Crippen LogP) is 0.720. The number of methoxy groups -OCH3 is 1. The maximum Gasteiger partial charge on any atom is 0.339 e. The largest absolute Gasteiger partial charge is 0.465 e. The van der Waals surface area contributed by atoms with Crippen molar-refractivity contribution in [2.75, 3.05) is 7.11 Å². The molecule has 0 aliphatic heterocycles. The van der Waals surface area contributed by atoms with E-state index >= 15 is 0 Å². The first-order valence-electron chi connectivity index (χ1n) is 3.12. The van der Waals surface area contributed by atoms with Crippen molar-refractivity contribution in [2.45, 2.75) is 0 Å². The summed E-state index contributed by atoms with van der Waals surface area (Å²) < 4.78 is 4.42. The molecule has 1 aromatic heterocycles. The Balaban J connectivity index is 2.93. The van der Waals surface area contributed by atoms with Gasteiger partial charge >= 0.3 is 5.97 Å². The average molecular weight is 169 g/mol. The molecule has 0 saturated carbocycles. The summed E-state index contributed by atoms with van der Waals surface area (Å²) in [5.41, 5.74) is 0.226. The number of esters is 1. The van der Waals surface area contributed by atoms with Gasteiger partial charge in [0.2, 0.25) is 0 Å². The first kappa shape index (κ1) is 8.48. The number of aromatic nitrogens is 1. The van der Waals surface area contributed by atoms with E-state index in [1.165, 1.54) is 25.6 Å².